The maximum absolute atomic E-state index is 9.74. The lowest BCUT2D eigenvalue weighted by molar-refractivity contribution is -0.113. The lowest BCUT2D eigenvalue weighted by atomic mass is 10.3. The SMILES string of the molecule is C=CC(N)=O.CCCCCOS(=O)[O-]. The minimum atomic E-state index is -2.32. The summed E-state index contributed by atoms with van der Waals surface area (Å²) >= 11 is -2.32. The van der Waals surface area contributed by atoms with Gasteiger partial charge in [-0.3, -0.25) is 4.79 Å². The van der Waals surface area contributed by atoms with Crippen LogP contribution in [0.3, 0.4) is 0 Å². The largest absolute Gasteiger partial charge is 0.750 e. The van der Waals surface area contributed by atoms with Crippen molar-refractivity contribution >= 4 is 17.3 Å². The maximum atomic E-state index is 9.74. The van der Waals surface area contributed by atoms with Crippen molar-refractivity contribution in [1.29, 1.82) is 0 Å². The van der Waals surface area contributed by atoms with Gasteiger partial charge in [-0.1, -0.05) is 26.3 Å². The second-order valence-electron chi connectivity index (χ2n) is 2.34. The van der Waals surface area contributed by atoms with Crippen LogP contribution >= 0.6 is 0 Å². The van der Waals surface area contributed by atoms with Crippen LogP contribution in [0.5, 0.6) is 0 Å². The quantitative estimate of drug-likeness (QED) is 0.405. The first-order chi connectivity index (χ1) is 6.54. The molecule has 0 aliphatic carbocycles. The number of hydrogen-bond donors (Lipinski definition) is 1. The molecular weight excluding hydrogens is 206 g/mol. The monoisotopic (exact) mass is 222 g/mol. The third-order valence-electron chi connectivity index (χ3n) is 1.13. The Morgan fingerprint density at radius 3 is 2.43 bits per heavy atom. The van der Waals surface area contributed by atoms with Gasteiger partial charge in [-0.05, 0) is 12.5 Å². The topological polar surface area (TPSA) is 92.5 Å². The molecule has 5 nitrogen and oxygen atoms in total. The van der Waals surface area contributed by atoms with E-state index in [4.69, 9.17) is 0 Å². The predicted molar refractivity (Wildman–Crippen MR) is 53.8 cm³/mol. The highest BCUT2D eigenvalue weighted by Gasteiger charge is 1.85. The van der Waals surface area contributed by atoms with Crippen molar-refractivity contribution < 1.29 is 17.7 Å². The average Bonchev–Trinajstić information content (AvgIpc) is 2.13. The molecule has 1 amide bonds. The summed E-state index contributed by atoms with van der Waals surface area (Å²) in [6.07, 6.45) is 3.98. The molecule has 0 rings (SSSR count). The Morgan fingerprint density at radius 2 is 2.14 bits per heavy atom. The number of carbonyl (C=O) groups is 1. The Labute approximate surface area is 86.8 Å². The van der Waals surface area contributed by atoms with Crippen LogP contribution in [0.15, 0.2) is 12.7 Å². The molecule has 0 spiro atoms. The molecule has 1 atom stereocenters. The molecule has 0 saturated carbocycles. The normalized spacial score (nSPS) is 11.0. The molecule has 0 aromatic rings. The second kappa shape index (κ2) is 12.3. The Bertz CT molecular complexity index is 184. The van der Waals surface area contributed by atoms with E-state index in [0.29, 0.717) is 6.61 Å². The van der Waals surface area contributed by atoms with Crippen LogP contribution < -0.4 is 5.73 Å². The number of carbonyl (C=O) groups excluding carboxylic acids is 1. The lowest BCUT2D eigenvalue weighted by Crippen LogP contribution is -2.04. The summed E-state index contributed by atoms with van der Waals surface area (Å²) in [5.41, 5.74) is 4.53. The average molecular weight is 222 g/mol. The van der Waals surface area contributed by atoms with E-state index in [1.54, 1.807) is 0 Å². The highest BCUT2D eigenvalue weighted by atomic mass is 32.2. The lowest BCUT2D eigenvalue weighted by Gasteiger charge is -2.03. The van der Waals surface area contributed by atoms with Gasteiger partial charge in [-0.15, -0.1) is 0 Å². The Hall–Kier alpha value is -0.720. The fraction of sp³-hybridized carbons (Fsp3) is 0.625. The minimum Gasteiger partial charge on any atom is -0.750 e. The van der Waals surface area contributed by atoms with Crippen LogP contribution in [0, 0.1) is 0 Å². The van der Waals surface area contributed by atoms with Crippen LogP contribution in [0.1, 0.15) is 26.2 Å². The van der Waals surface area contributed by atoms with Gasteiger partial charge in [0.1, 0.15) is 0 Å². The van der Waals surface area contributed by atoms with E-state index in [9.17, 15) is 13.6 Å². The summed E-state index contributed by atoms with van der Waals surface area (Å²) in [5.74, 6) is -0.481. The molecule has 84 valence electrons. The molecule has 0 bridgehead atoms. The number of rotatable bonds is 6. The van der Waals surface area contributed by atoms with Gasteiger partial charge in [0.05, 0.1) is 18.0 Å². The molecule has 0 saturated heterocycles. The van der Waals surface area contributed by atoms with Crippen molar-refractivity contribution in [3.8, 4) is 0 Å². The van der Waals surface area contributed by atoms with Crippen LogP contribution in [-0.2, 0) is 20.3 Å². The van der Waals surface area contributed by atoms with Gasteiger partial charge in [0, 0.05) is 0 Å². The molecule has 0 radical (unpaired) electrons. The summed E-state index contributed by atoms with van der Waals surface area (Å²) in [6, 6.07) is 0. The molecule has 0 aliphatic heterocycles. The first-order valence-electron chi connectivity index (χ1n) is 4.19. The summed E-state index contributed by atoms with van der Waals surface area (Å²) in [5, 5.41) is 0. The number of nitrogens with two attached hydrogens (primary N) is 1. The third kappa shape index (κ3) is 22.5. The van der Waals surface area contributed by atoms with E-state index in [0.717, 1.165) is 25.3 Å². The van der Waals surface area contributed by atoms with Gasteiger partial charge >= 0.3 is 0 Å². The first-order valence-corrected chi connectivity index (χ1v) is 5.19. The Balaban J connectivity index is 0. The molecule has 0 fully saturated rings. The standard InChI is InChI=1S/C5H12O3S.C3H5NO/c1-2-3-4-5-8-9(6)7;1-2-3(4)5/h2-5H2,1H3,(H,6,7);2H,1H2,(H2,4,5)/p-1. The number of amides is 1. The minimum absolute atomic E-state index is 0.323. The predicted octanol–water partition coefficient (Wildman–Crippen LogP) is 0.645. The van der Waals surface area contributed by atoms with E-state index in [1.165, 1.54) is 0 Å². The van der Waals surface area contributed by atoms with E-state index >= 15 is 0 Å². The second-order valence-corrected chi connectivity index (χ2v) is 2.98. The number of primary amides is 1. The van der Waals surface area contributed by atoms with E-state index in [1.807, 2.05) is 6.92 Å². The first kappa shape index (κ1) is 15.7. The molecule has 0 aromatic carbocycles. The van der Waals surface area contributed by atoms with Crippen molar-refractivity contribution in [3.05, 3.63) is 12.7 Å². The fourth-order valence-electron chi connectivity index (χ4n) is 0.479. The van der Waals surface area contributed by atoms with Gasteiger partial charge in [-0.2, -0.15) is 0 Å². The zero-order valence-corrected chi connectivity index (χ0v) is 9.05. The molecule has 2 N–H and O–H groups in total. The van der Waals surface area contributed by atoms with E-state index in [2.05, 4.69) is 16.5 Å². The zero-order chi connectivity index (χ0) is 11.4. The molecule has 1 unspecified atom stereocenters. The van der Waals surface area contributed by atoms with Crippen LogP contribution in [-0.4, -0.2) is 21.3 Å². The van der Waals surface area contributed by atoms with Crippen LogP contribution in [0.25, 0.3) is 0 Å². The van der Waals surface area contributed by atoms with Gasteiger partial charge in [0.15, 0.2) is 0 Å². The van der Waals surface area contributed by atoms with E-state index in [-0.39, 0.29) is 0 Å². The summed E-state index contributed by atoms with van der Waals surface area (Å²) in [7, 11) is 0. The molecular formula is C8H16NO4S-. The Kier molecular flexibility index (Phi) is 13.8. The highest BCUT2D eigenvalue weighted by molar-refractivity contribution is 7.74. The summed E-state index contributed by atoms with van der Waals surface area (Å²) in [6.45, 7) is 5.46. The molecule has 6 heteroatoms. The summed E-state index contributed by atoms with van der Waals surface area (Å²) < 4.78 is 23.7. The van der Waals surface area contributed by atoms with Crippen LogP contribution in [0.2, 0.25) is 0 Å². The van der Waals surface area contributed by atoms with E-state index < -0.39 is 17.3 Å². The van der Waals surface area contributed by atoms with Crippen molar-refractivity contribution in [2.45, 2.75) is 26.2 Å². The van der Waals surface area contributed by atoms with Crippen molar-refractivity contribution in [2.24, 2.45) is 5.73 Å². The Morgan fingerprint density at radius 1 is 1.64 bits per heavy atom. The van der Waals surface area contributed by atoms with Gasteiger partial charge in [0.2, 0.25) is 5.91 Å². The van der Waals surface area contributed by atoms with Crippen molar-refractivity contribution in [3.63, 3.8) is 0 Å². The zero-order valence-electron chi connectivity index (χ0n) is 8.23. The van der Waals surface area contributed by atoms with Crippen molar-refractivity contribution in [1.82, 2.24) is 0 Å². The third-order valence-corrected chi connectivity index (χ3v) is 1.49. The number of unbranched alkanes of at least 4 members (excludes halogenated alkanes) is 2. The van der Waals surface area contributed by atoms with Crippen LogP contribution in [0.4, 0.5) is 0 Å². The highest BCUT2D eigenvalue weighted by Crippen LogP contribution is 1.94. The fourth-order valence-corrected chi connectivity index (χ4v) is 0.733. The smallest absolute Gasteiger partial charge is 0.240 e. The molecule has 0 aromatic heterocycles. The molecule has 14 heavy (non-hydrogen) atoms. The van der Waals surface area contributed by atoms with Gasteiger partial charge in [-0.25, -0.2) is 4.21 Å². The molecule has 0 aliphatic rings. The summed E-state index contributed by atoms with van der Waals surface area (Å²) in [4.78, 5) is 9.47. The van der Waals surface area contributed by atoms with Gasteiger partial charge in [0.25, 0.3) is 0 Å². The maximum Gasteiger partial charge on any atom is 0.240 e. The number of hydrogen-bond acceptors (Lipinski definition) is 4. The van der Waals surface area contributed by atoms with Crippen molar-refractivity contribution in [2.75, 3.05) is 6.61 Å². The van der Waals surface area contributed by atoms with Gasteiger partial charge < -0.3 is 14.5 Å². The molecule has 0 heterocycles.